The van der Waals surface area contributed by atoms with Crippen molar-refractivity contribution in [2.75, 3.05) is 26.4 Å². The van der Waals surface area contributed by atoms with Crippen LogP contribution in [-0.2, 0) is 19.1 Å². The van der Waals surface area contributed by atoms with Crippen LogP contribution >= 0.6 is 0 Å². The van der Waals surface area contributed by atoms with E-state index in [0.717, 1.165) is 6.42 Å². The number of carboxylic acids is 1. The summed E-state index contributed by atoms with van der Waals surface area (Å²) in [6.07, 6.45) is 0.845. The van der Waals surface area contributed by atoms with Gasteiger partial charge in [-0.25, -0.2) is 0 Å². The first-order valence-electron chi connectivity index (χ1n) is 5.32. The van der Waals surface area contributed by atoms with Gasteiger partial charge in [-0.15, -0.1) is 0 Å². The number of rotatable bonds is 6. The third kappa shape index (κ3) is 3.79. The van der Waals surface area contributed by atoms with E-state index in [2.05, 4.69) is 5.32 Å². The summed E-state index contributed by atoms with van der Waals surface area (Å²) >= 11 is 0. The Balaban J connectivity index is 2.30. The molecule has 0 aromatic carbocycles. The second-order valence-electron chi connectivity index (χ2n) is 3.71. The van der Waals surface area contributed by atoms with Gasteiger partial charge in [0.1, 0.15) is 12.5 Å². The van der Waals surface area contributed by atoms with Gasteiger partial charge in [-0.3, -0.25) is 9.59 Å². The number of carboxylic acid groups (broad SMARTS) is 1. The second kappa shape index (κ2) is 6.44. The summed E-state index contributed by atoms with van der Waals surface area (Å²) < 4.78 is 10.1. The van der Waals surface area contributed by atoms with Crippen molar-refractivity contribution in [2.24, 2.45) is 5.92 Å². The van der Waals surface area contributed by atoms with E-state index in [1.807, 2.05) is 6.92 Å². The van der Waals surface area contributed by atoms with Gasteiger partial charge < -0.3 is 19.9 Å². The maximum atomic E-state index is 11.4. The van der Waals surface area contributed by atoms with Crippen LogP contribution in [0.4, 0.5) is 0 Å². The molecule has 2 unspecified atom stereocenters. The van der Waals surface area contributed by atoms with E-state index in [1.165, 1.54) is 0 Å². The standard InChI is InChI=1S/C10H17NO5/c1-2-3-15-6-9(12)11-8-5-16-4-7(8)10(13)14/h7-8H,2-6H2,1H3,(H,11,12)(H,13,14). The van der Waals surface area contributed by atoms with Crippen LogP contribution in [0.25, 0.3) is 0 Å². The molecular formula is C10H17NO5. The van der Waals surface area contributed by atoms with Crippen LogP contribution in [0.15, 0.2) is 0 Å². The second-order valence-corrected chi connectivity index (χ2v) is 3.71. The molecule has 6 heteroatoms. The molecule has 1 aliphatic heterocycles. The number of carbonyl (C=O) groups excluding carboxylic acids is 1. The van der Waals surface area contributed by atoms with Crippen LogP contribution in [0.2, 0.25) is 0 Å². The SMILES string of the molecule is CCCOCC(=O)NC1COCC1C(=O)O. The zero-order valence-electron chi connectivity index (χ0n) is 9.27. The number of hydrogen-bond donors (Lipinski definition) is 2. The number of nitrogens with one attached hydrogen (secondary N) is 1. The summed E-state index contributed by atoms with van der Waals surface area (Å²) in [5, 5.41) is 11.4. The Bertz CT molecular complexity index is 256. The van der Waals surface area contributed by atoms with Crippen LogP contribution in [0.1, 0.15) is 13.3 Å². The smallest absolute Gasteiger partial charge is 0.311 e. The molecule has 0 bridgehead atoms. The van der Waals surface area contributed by atoms with Gasteiger partial charge in [-0.05, 0) is 6.42 Å². The summed E-state index contributed by atoms with van der Waals surface area (Å²) in [6, 6.07) is -0.449. The first kappa shape index (κ1) is 12.9. The minimum Gasteiger partial charge on any atom is -0.481 e. The summed E-state index contributed by atoms with van der Waals surface area (Å²) in [5.41, 5.74) is 0. The monoisotopic (exact) mass is 231 g/mol. The Hall–Kier alpha value is -1.14. The van der Waals surface area contributed by atoms with Gasteiger partial charge in [-0.2, -0.15) is 0 Å². The normalized spacial score (nSPS) is 24.3. The van der Waals surface area contributed by atoms with Crippen molar-refractivity contribution in [1.82, 2.24) is 5.32 Å². The fourth-order valence-corrected chi connectivity index (χ4v) is 1.50. The zero-order chi connectivity index (χ0) is 12.0. The summed E-state index contributed by atoms with van der Waals surface area (Å²) in [7, 11) is 0. The number of ether oxygens (including phenoxy) is 2. The number of carbonyl (C=O) groups is 2. The van der Waals surface area contributed by atoms with Gasteiger partial charge in [0.05, 0.1) is 19.3 Å². The predicted molar refractivity (Wildman–Crippen MR) is 55.0 cm³/mol. The van der Waals surface area contributed by atoms with Crippen molar-refractivity contribution in [1.29, 1.82) is 0 Å². The number of aliphatic carboxylic acids is 1. The van der Waals surface area contributed by atoms with Gasteiger partial charge in [0, 0.05) is 6.61 Å². The Labute approximate surface area is 93.9 Å². The van der Waals surface area contributed by atoms with Gasteiger partial charge >= 0.3 is 5.97 Å². The van der Waals surface area contributed by atoms with Crippen LogP contribution in [-0.4, -0.2) is 49.5 Å². The fourth-order valence-electron chi connectivity index (χ4n) is 1.50. The Kier molecular flexibility index (Phi) is 5.21. The van der Waals surface area contributed by atoms with E-state index in [0.29, 0.717) is 6.61 Å². The van der Waals surface area contributed by atoms with Gasteiger partial charge in [0.25, 0.3) is 0 Å². The quantitative estimate of drug-likeness (QED) is 0.609. The molecule has 0 aromatic rings. The first-order chi connectivity index (χ1) is 7.65. The molecule has 0 spiro atoms. The fraction of sp³-hybridized carbons (Fsp3) is 0.800. The molecule has 16 heavy (non-hydrogen) atoms. The van der Waals surface area contributed by atoms with Crippen molar-refractivity contribution in [3.63, 3.8) is 0 Å². The average Bonchev–Trinajstić information content (AvgIpc) is 2.66. The van der Waals surface area contributed by atoms with E-state index >= 15 is 0 Å². The molecule has 2 N–H and O–H groups in total. The maximum absolute atomic E-state index is 11.4. The van der Waals surface area contributed by atoms with Crippen LogP contribution in [0.5, 0.6) is 0 Å². The van der Waals surface area contributed by atoms with Crippen molar-refractivity contribution in [3.05, 3.63) is 0 Å². The lowest BCUT2D eigenvalue weighted by molar-refractivity contribution is -0.142. The highest BCUT2D eigenvalue weighted by Crippen LogP contribution is 2.13. The molecule has 92 valence electrons. The molecule has 1 saturated heterocycles. The van der Waals surface area contributed by atoms with Crippen LogP contribution in [0, 0.1) is 5.92 Å². The molecule has 1 heterocycles. The lowest BCUT2D eigenvalue weighted by Crippen LogP contribution is -2.44. The van der Waals surface area contributed by atoms with Gasteiger partial charge in [-0.1, -0.05) is 6.92 Å². The topological polar surface area (TPSA) is 84.9 Å². The molecule has 0 saturated carbocycles. The lowest BCUT2D eigenvalue weighted by Gasteiger charge is -2.15. The zero-order valence-corrected chi connectivity index (χ0v) is 9.27. The van der Waals surface area contributed by atoms with E-state index < -0.39 is 17.9 Å². The lowest BCUT2D eigenvalue weighted by atomic mass is 10.0. The van der Waals surface area contributed by atoms with E-state index in [4.69, 9.17) is 14.6 Å². The Morgan fingerprint density at radius 2 is 2.25 bits per heavy atom. The number of amides is 1. The molecule has 1 rings (SSSR count). The molecule has 6 nitrogen and oxygen atoms in total. The van der Waals surface area contributed by atoms with Crippen LogP contribution in [0.3, 0.4) is 0 Å². The first-order valence-corrected chi connectivity index (χ1v) is 5.32. The maximum Gasteiger partial charge on any atom is 0.311 e. The molecule has 1 amide bonds. The minimum atomic E-state index is -0.947. The van der Waals surface area contributed by atoms with Crippen molar-refractivity contribution in [2.45, 2.75) is 19.4 Å². The molecule has 1 aliphatic rings. The van der Waals surface area contributed by atoms with Crippen molar-refractivity contribution in [3.8, 4) is 0 Å². The van der Waals surface area contributed by atoms with E-state index in [1.54, 1.807) is 0 Å². The highest BCUT2D eigenvalue weighted by Gasteiger charge is 2.34. The molecular weight excluding hydrogens is 214 g/mol. The predicted octanol–water partition coefficient (Wildman–Crippen LogP) is -0.371. The Morgan fingerprint density at radius 3 is 2.88 bits per heavy atom. The summed E-state index contributed by atoms with van der Waals surface area (Å²) in [4.78, 5) is 22.1. The van der Waals surface area contributed by atoms with Crippen LogP contribution < -0.4 is 5.32 Å². The third-order valence-corrected chi connectivity index (χ3v) is 2.33. The van der Waals surface area contributed by atoms with Crippen molar-refractivity contribution < 1.29 is 24.2 Å². The Morgan fingerprint density at radius 1 is 1.50 bits per heavy atom. The summed E-state index contributed by atoms with van der Waals surface area (Å²) in [5.74, 6) is -1.90. The summed E-state index contributed by atoms with van der Waals surface area (Å²) in [6.45, 7) is 2.84. The van der Waals surface area contributed by atoms with E-state index in [9.17, 15) is 9.59 Å². The minimum absolute atomic E-state index is 0.0311. The average molecular weight is 231 g/mol. The largest absolute Gasteiger partial charge is 0.481 e. The molecule has 0 radical (unpaired) electrons. The highest BCUT2D eigenvalue weighted by molar-refractivity contribution is 5.79. The van der Waals surface area contributed by atoms with Gasteiger partial charge in [0.2, 0.25) is 5.91 Å². The molecule has 0 aromatic heterocycles. The third-order valence-electron chi connectivity index (χ3n) is 2.33. The molecule has 1 fully saturated rings. The highest BCUT2D eigenvalue weighted by atomic mass is 16.5. The molecule has 0 aliphatic carbocycles. The van der Waals surface area contributed by atoms with Crippen molar-refractivity contribution >= 4 is 11.9 Å². The molecule has 2 atom stereocenters. The van der Waals surface area contributed by atoms with Gasteiger partial charge in [0.15, 0.2) is 0 Å². The number of hydrogen-bond acceptors (Lipinski definition) is 4. The van der Waals surface area contributed by atoms with E-state index in [-0.39, 0.29) is 25.7 Å².